The minimum Gasteiger partial charge on any atom is -0.484 e. The number of carbonyl (C=O) groups is 1. The molecule has 0 radical (unpaired) electrons. The van der Waals surface area contributed by atoms with E-state index in [2.05, 4.69) is 26.0 Å². The van der Waals surface area contributed by atoms with Crippen molar-refractivity contribution in [3.63, 3.8) is 0 Å². The van der Waals surface area contributed by atoms with E-state index in [-0.39, 0.29) is 12.5 Å². The summed E-state index contributed by atoms with van der Waals surface area (Å²) < 4.78 is 5.78. The number of rotatable bonds is 11. The normalized spacial score (nSPS) is 10.8. The monoisotopic (exact) mass is 341 g/mol. The largest absolute Gasteiger partial charge is 0.484 e. The van der Waals surface area contributed by atoms with Crippen molar-refractivity contribution in [1.29, 1.82) is 0 Å². The Morgan fingerprint density at radius 2 is 1.52 bits per heavy atom. The molecule has 0 N–H and O–H groups in total. The van der Waals surface area contributed by atoms with Crippen LogP contribution in [0.25, 0.3) is 10.8 Å². The molecule has 0 unspecified atom stereocenters. The summed E-state index contributed by atoms with van der Waals surface area (Å²) in [7, 11) is 0. The predicted octanol–water partition coefficient (Wildman–Crippen LogP) is 5.43. The van der Waals surface area contributed by atoms with Crippen LogP contribution >= 0.6 is 0 Å². The number of amides is 1. The molecular formula is C22H31NO2. The van der Waals surface area contributed by atoms with Gasteiger partial charge in [0.2, 0.25) is 0 Å². The molecule has 0 saturated carbocycles. The molecule has 25 heavy (non-hydrogen) atoms. The highest BCUT2D eigenvalue weighted by atomic mass is 16.5. The van der Waals surface area contributed by atoms with Crippen LogP contribution in [0.2, 0.25) is 0 Å². The molecule has 2 aromatic carbocycles. The van der Waals surface area contributed by atoms with Gasteiger partial charge in [-0.2, -0.15) is 0 Å². The Hall–Kier alpha value is -2.03. The van der Waals surface area contributed by atoms with E-state index in [1.807, 2.05) is 35.2 Å². The molecule has 0 spiro atoms. The van der Waals surface area contributed by atoms with Gasteiger partial charge in [-0.3, -0.25) is 4.79 Å². The van der Waals surface area contributed by atoms with Gasteiger partial charge in [0.15, 0.2) is 6.61 Å². The van der Waals surface area contributed by atoms with Crippen molar-refractivity contribution in [3.05, 3.63) is 42.5 Å². The first-order valence-corrected chi connectivity index (χ1v) is 9.64. The average molecular weight is 341 g/mol. The first-order chi connectivity index (χ1) is 12.2. The fourth-order valence-corrected chi connectivity index (χ4v) is 2.96. The Morgan fingerprint density at radius 1 is 0.880 bits per heavy atom. The Morgan fingerprint density at radius 3 is 2.16 bits per heavy atom. The fraction of sp³-hybridized carbons (Fsp3) is 0.500. The summed E-state index contributed by atoms with van der Waals surface area (Å²) in [5.41, 5.74) is 0. The van der Waals surface area contributed by atoms with Crippen molar-refractivity contribution < 1.29 is 9.53 Å². The number of ether oxygens (including phenoxy) is 1. The molecule has 136 valence electrons. The minimum absolute atomic E-state index is 0.0976. The van der Waals surface area contributed by atoms with Crippen LogP contribution in [0.3, 0.4) is 0 Å². The Balaban J connectivity index is 1.90. The lowest BCUT2D eigenvalue weighted by Gasteiger charge is -2.23. The Kier molecular flexibility index (Phi) is 8.30. The molecule has 3 heteroatoms. The summed E-state index contributed by atoms with van der Waals surface area (Å²) in [6.07, 6.45) is 6.83. The van der Waals surface area contributed by atoms with Crippen molar-refractivity contribution in [3.8, 4) is 5.75 Å². The van der Waals surface area contributed by atoms with Crippen LogP contribution in [0.1, 0.15) is 52.4 Å². The number of benzene rings is 2. The van der Waals surface area contributed by atoms with E-state index in [0.717, 1.165) is 37.1 Å². The van der Waals surface area contributed by atoms with Crippen molar-refractivity contribution in [2.75, 3.05) is 19.7 Å². The topological polar surface area (TPSA) is 29.5 Å². The highest BCUT2D eigenvalue weighted by Gasteiger charge is 2.13. The van der Waals surface area contributed by atoms with Crippen molar-refractivity contribution in [2.45, 2.75) is 52.4 Å². The number of fused-ring (bicyclic) bond motifs is 1. The maximum Gasteiger partial charge on any atom is 0.260 e. The molecule has 0 heterocycles. The van der Waals surface area contributed by atoms with Gasteiger partial charge in [-0.05, 0) is 35.7 Å². The molecule has 3 nitrogen and oxygen atoms in total. The summed E-state index contributed by atoms with van der Waals surface area (Å²) in [6, 6.07) is 14.2. The van der Waals surface area contributed by atoms with Gasteiger partial charge < -0.3 is 9.64 Å². The van der Waals surface area contributed by atoms with Gasteiger partial charge in [0.1, 0.15) is 5.75 Å². The maximum atomic E-state index is 12.6. The molecule has 0 aliphatic rings. The number of carbonyl (C=O) groups excluding carboxylic acids is 1. The van der Waals surface area contributed by atoms with Gasteiger partial charge in [0.25, 0.3) is 5.91 Å². The van der Waals surface area contributed by atoms with E-state index in [1.165, 1.54) is 31.1 Å². The molecule has 0 fully saturated rings. The Labute approximate surface area is 152 Å². The van der Waals surface area contributed by atoms with Crippen LogP contribution in [-0.2, 0) is 4.79 Å². The molecule has 0 aromatic heterocycles. The number of unbranched alkanes of at least 4 members (excludes halogenated alkanes) is 4. The summed E-state index contributed by atoms with van der Waals surface area (Å²) in [5, 5.41) is 2.32. The second-order valence-corrected chi connectivity index (χ2v) is 6.59. The minimum atomic E-state index is 0.0976. The van der Waals surface area contributed by atoms with E-state index in [4.69, 9.17) is 4.74 Å². The quantitative estimate of drug-likeness (QED) is 0.510. The smallest absolute Gasteiger partial charge is 0.260 e. The van der Waals surface area contributed by atoms with E-state index in [1.54, 1.807) is 0 Å². The van der Waals surface area contributed by atoms with Crippen LogP contribution in [-0.4, -0.2) is 30.5 Å². The number of nitrogens with zero attached hydrogens (tertiary/aromatic N) is 1. The number of hydrogen-bond acceptors (Lipinski definition) is 2. The molecule has 2 aromatic rings. The van der Waals surface area contributed by atoms with Crippen molar-refractivity contribution in [1.82, 2.24) is 4.90 Å². The van der Waals surface area contributed by atoms with Crippen LogP contribution in [0.4, 0.5) is 0 Å². The zero-order valence-corrected chi connectivity index (χ0v) is 15.7. The third-order valence-corrected chi connectivity index (χ3v) is 4.50. The summed E-state index contributed by atoms with van der Waals surface area (Å²) >= 11 is 0. The third kappa shape index (κ3) is 6.41. The van der Waals surface area contributed by atoms with Gasteiger partial charge in [-0.25, -0.2) is 0 Å². The SMILES string of the molecule is CCCCCN(CCCCC)C(=O)COc1ccc2ccccc2c1. The summed E-state index contributed by atoms with van der Waals surface area (Å²) in [5.74, 6) is 0.856. The zero-order chi connectivity index (χ0) is 17.9. The lowest BCUT2D eigenvalue weighted by Crippen LogP contribution is -2.36. The van der Waals surface area contributed by atoms with E-state index in [0.29, 0.717) is 0 Å². The average Bonchev–Trinajstić information content (AvgIpc) is 2.65. The second-order valence-electron chi connectivity index (χ2n) is 6.59. The first-order valence-electron chi connectivity index (χ1n) is 9.64. The molecule has 0 aliphatic carbocycles. The lowest BCUT2D eigenvalue weighted by atomic mass is 10.1. The summed E-state index contributed by atoms with van der Waals surface area (Å²) in [4.78, 5) is 14.5. The van der Waals surface area contributed by atoms with E-state index >= 15 is 0 Å². The van der Waals surface area contributed by atoms with Gasteiger partial charge in [-0.1, -0.05) is 69.9 Å². The molecule has 1 amide bonds. The molecular weight excluding hydrogens is 310 g/mol. The fourth-order valence-electron chi connectivity index (χ4n) is 2.96. The highest BCUT2D eigenvalue weighted by Crippen LogP contribution is 2.20. The van der Waals surface area contributed by atoms with Crippen LogP contribution in [0.5, 0.6) is 5.75 Å². The highest BCUT2D eigenvalue weighted by molar-refractivity contribution is 5.84. The zero-order valence-electron chi connectivity index (χ0n) is 15.7. The van der Waals surface area contributed by atoms with Crippen LogP contribution < -0.4 is 4.74 Å². The lowest BCUT2D eigenvalue weighted by molar-refractivity contribution is -0.133. The molecule has 0 saturated heterocycles. The van der Waals surface area contributed by atoms with Gasteiger partial charge >= 0.3 is 0 Å². The van der Waals surface area contributed by atoms with E-state index < -0.39 is 0 Å². The third-order valence-electron chi connectivity index (χ3n) is 4.50. The predicted molar refractivity (Wildman–Crippen MR) is 105 cm³/mol. The maximum absolute atomic E-state index is 12.6. The van der Waals surface area contributed by atoms with Crippen LogP contribution in [0.15, 0.2) is 42.5 Å². The van der Waals surface area contributed by atoms with Crippen molar-refractivity contribution in [2.24, 2.45) is 0 Å². The van der Waals surface area contributed by atoms with Crippen molar-refractivity contribution >= 4 is 16.7 Å². The second kappa shape index (κ2) is 10.8. The molecule has 0 aliphatic heterocycles. The van der Waals surface area contributed by atoms with E-state index in [9.17, 15) is 4.79 Å². The number of hydrogen-bond donors (Lipinski definition) is 0. The molecule has 0 bridgehead atoms. The van der Waals surface area contributed by atoms with Gasteiger partial charge in [-0.15, -0.1) is 0 Å². The standard InChI is InChI=1S/C22H31NO2/c1-3-5-9-15-23(16-10-6-4-2)22(24)18-25-21-14-13-19-11-7-8-12-20(19)17-21/h7-8,11-14,17H,3-6,9-10,15-16,18H2,1-2H3. The molecule has 2 rings (SSSR count). The van der Waals surface area contributed by atoms with Crippen LogP contribution in [0, 0.1) is 0 Å². The van der Waals surface area contributed by atoms with Gasteiger partial charge in [0.05, 0.1) is 0 Å². The molecule has 0 atom stereocenters. The Bertz CT molecular complexity index is 643. The van der Waals surface area contributed by atoms with Gasteiger partial charge in [0, 0.05) is 13.1 Å². The first kappa shape index (κ1) is 19.3. The summed E-state index contributed by atoms with van der Waals surface area (Å²) in [6.45, 7) is 6.18.